The van der Waals surface area contributed by atoms with Gasteiger partial charge >= 0.3 is 0 Å². The largest absolute Gasteiger partial charge is 0.271 e. The van der Waals surface area contributed by atoms with Gasteiger partial charge < -0.3 is 0 Å². The number of halogens is 1. The van der Waals surface area contributed by atoms with Gasteiger partial charge in [0.2, 0.25) is 0 Å². The van der Waals surface area contributed by atoms with Crippen molar-refractivity contribution < 1.29 is 4.39 Å². The van der Waals surface area contributed by atoms with Gasteiger partial charge in [0.1, 0.15) is 5.82 Å². The average Bonchev–Trinajstić information content (AvgIpc) is 2.43. The molecular weight excluding hydrogens is 271 g/mol. The van der Waals surface area contributed by atoms with Crippen LogP contribution in [0.3, 0.4) is 0 Å². The van der Waals surface area contributed by atoms with E-state index in [4.69, 9.17) is 5.84 Å². The van der Waals surface area contributed by atoms with Gasteiger partial charge in [-0.3, -0.25) is 11.3 Å². The van der Waals surface area contributed by atoms with Crippen molar-refractivity contribution in [2.24, 2.45) is 5.84 Å². The fourth-order valence-electron chi connectivity index (χ4n) is 2.15. The van der Waals surface area contributed by atoms with E-state index in [0.29, 0.717) is 0 Å². The van der Waals surface area contributed by atoms with Gasteiger partial charge in [-0.15, -0.1) is 11.8 Å². The third-order valence-corrected chi connectivity index (χ3v) is 4.58. The molecule has 2 aromatic carbocycles. The van der Waals surface area contributed by atoms with Gasteiger partial charge in [-0.2, -0.15) is 0 Å². The minimum absolute atomic E-state index is 0.000191. The molecule has 1 atom stereocenters. The summed E-state index contributed by atoms with van der Waals surface area (Å²) in [7, 11) is 0. The Morgan fingerprint density at radius 2 is 1.90 bits per heavy atom. The maximum absolute atomic E-state index is 13.2. The number of nitrogens with two attached hydrogens (primary N) is 1. The molecule has 0 spiro atoms. The molecule has 0 aliphatic carbocycles. The van der Waals surface area contributed by atoms with Crippen LogP contribution in [-0.2, 0) is 0 Å². The van der Waals surface area contributed by atoms with E-state index in [1.807, 2.05) is 19.1 Å². The number of nitrogens with one attached hydrogen (secondary N) is 1. The third-order valence-electron chi connectivity index (χ3n) is 3.31. The highest BCUT2D eigenvalue weighted by Crippen LogP contribution is 2.28. The standard InChI is InChI=1S/C16H19FN2S/c1-11-5-3-4-6-16(11)20-10-15(19-18)14-8-7-13(17)9-12(14)2/h3-9,15,19H,10,18H2,1-2H3. The maximum atomic E-state index is 13.2. The van der Waals surface area contributed by atoms with E-state index in [1.54, 1.807) is 17.8 Å². The van der Waals surface area contributed by atoms with Crippen molar-refractivity contribution in [3.63, 3.8) is 0 Å². The summed E-state index contributed by atoms with van der Waals surface area (Å²) in [6, 6.07) is 13.1. The maximum Gasteiger partial charge on any atom is 0.123 e. The fourth-order valence-corrected chi connectivity index (χ4v) is 3.24. The number of hydrogen-bond donors (Lipinski definition) is 2. The summed E-state index contributed by atoms with van der Waals surface area (Å²) in [4.78, 5) is 1.24. The summed E-state index contributed by atoms with van der Waals surface area (Å²) in [6.07, 6.45) is 0. The molecule has 0 saturated heterocycles. The molecule has 3 N–H and O–H groups in total. The van der Waals surface area contributed by atoms with Crippen molar-refractivity contribution in [2.75, 3.05) is 5.75 Å². The van der Waals surface area contributed by atoms with Gasteiger partial charge in [0.05, 0.1) is 6.04 Å². The molecule has 2 aromatic rings. The number of hydrogen-bond acceptors (Lipinski definition) is 3. The molecule has 0 radical (unpaired) electrons. The van der Waals surface area contributed by atoms with E-state index in [-0.39, 0.29) is 11.9 Å². The van der Waals surface area contributed by atoms with Crippen molar-refractivity contribution in [3.05, 3.63) is 65.0 Å². The molecule has 0 aromatic heterocycles. The van der Waals surface area contributed by atoms with Crippen molar-refractivity contribution in [1.82, 2.24) is 5.43 Å². The van der Waals surface area contributed by atoms with Crippen LogP contribution in [0.25, 0.3) is 0 Å². The summed E-state index contributed by atoms with van der Waals surface area (Å²) in [5.74, 6) is 6.24. The minimum Gasteiger partial charge on any atom is -0.271 e. The third kappa shape index (κ3) is 3.60. The van der Waals surface area contributed by atoms with Crippen LogP contribution in [0, 0.1) is 19.7 Å². The Kier molecular flexibility index (Phi) is 5.17. The first-order valence-corrected chi connectivity index (χ1v) is 7.51. The van der Waals surface area contributed by atoms with Crippen molar-refractivity contribution in [1.29, 1.82) is 0 Å². The first-order chi connectivity index (χ1) is 9.61. The van der Waals surface area contributed by atoms with Crippen LogP contribution in [0.15, 0.2) is 47.4 Å². The molecule has 0 fully saturated rings. The summed E-state index contributed by atoms with van der Waals surface area (Å²) in [6.45, 7) is 4.00. The SMILES string of the molecule is Cc1ccccc1SCC(NN)c1ccc(F)cc1C. The number of benzene rings is 2. The second-order valence-electron chi connectivity index (χ2n) is 4.80. The Bertz CT molecular complexity index is 586. The van der Waals surface area contributed by atoms with E-state index in [9.17, 15) is 4.39 Å². The van der Waals surface area contributed by atoms with Gasteiger partial charge in [-0.25, -0.2) is 4.39 Å². The van der Waals surface area contributed by atoms with Gasteiger partial charge in [0.25, 0.3) is 0 Å². The van der Waals surface area contributed by atoms with Gasteiger partial charge in [-0.1, -0.05) is 24.3 Å². The fraction of sp³-hybridized carbons (Fsp3) is 0.250. The van der Waals surface area contributed by atoms with Crippen LogP contribution in [0.5, 0.6) is 0 Å². The van der Waals surface area contributed by atoms with Crippen molar-refractivity contribution >= 4 is 11.8 Å². The molecular formula is C16H19FN2S. The van der Waals surface area contributed by atoms with Crippen molar-refractivity contribution in [2.45, 2.75) is 24.8 Å². The Hall–Kier alpha value is -1.36. The smallest absolute Gasteiger partial charge is 0.123 e. The minimum atomic E-state index is -0.214. The lowest BCUT2D eigenvalue weighted by molar-refractivity contribution is 0.597. The molecule has 0 heterocycles. The monoisotopic (exact) mass is 290 g/mol. The molecule has 2 rings (SSSR count). The van der Waals surface area contributed by atoms with E-state index >= 15 is 0 Å². The Morgan fingerprint density at radius 3 is 2.55 bits per heavy atom. The zero-order chi connectivity index (χ0) is 14.5. The first-order valence-electron chi connectivity index (χ1n) is 6.52. The van der Waals surface area contributed by atoms with Crippen LogP contribution in [-0.4, -0.2) is 5.75 Å². The quantitative estimate of drug-likeness (QED) is 0.500. The average molecular weight is 290 g/mol. The second-order valence-corrected chi connectivity index (χ2v) is 5.86. The zero-order valence-electron chi connectivity index (χ0n) is 11.7. The Morgan fingerprint density at radius 1 is 1.15 bits per heavy atom. The van der Waals surface area contributed by atoms with Crippen LogP contribution < -0.4 is 11.3 Å². The van der Waals surface area contributed by atoms with E-state index in [1.165, 1.54) is 22.6 Å². The molecule has 0 amide bonds. The lowest BCUT2D eigenvalue weighted by Gasteiger charge is -2.18. The molecule has 0 aliphatic heterocycles. The molecule has 0 aliphatic rings. The lowest BCUT2D eigenvalue weighted by Crippen LogP contribution is -2.30. The summed E-state index contributed by atoms with van der Waals surface area (Å²) >= 11 is 1.75. The molecule has 1 unspecified atom stereocenters. The summed E-state index contributed by atoms with van der Waals surface area (Å²) in [5, 5.41) is 0. The van der Waals surface area contributed by atoms with Crippen LogP contribution in [0.2, 0.25) is 0 Å². The highest BCUT2D eigenvalue weighted by Gasteiger charge is 2.13. The Balaban J connectivity index is 2.11. The second kappa shape index (κ2) is 6.88. The number of aryl methyl sites for hydroxylation is 2. The molecule has 106 valence electrons. The molecule has 4 heteroatoms. The molecule has 2 nitrogen and oxygen atoms in total. The van der Waals surface area contributed by atoms with Crippen LogP contribution >= 0.6 is 11.8 Å². The predicted molar refractivity (Wildman–Crippen MR) is 83.1 cm³/mol. The van der Waals surface area contributed by atoms with E-state index in [0.717, 1.165) is 16.9 Å². The van der Waals surface area contributed by atoms with Crippen molar-refractivity contribution in [3.8, 4) is 0 Å². The lowest BCUT2D eigenvalue weighted by atomic mass is 10.0. The summed E-state index contributed by atoms with van der Waals surface area (Å²) < 4.78 is 13.2. The van der Waals surface area contributed by atoms with E-state index < -0.39 is 0 Å². The van der Waals surface area contributed by atoms with Gasteiger partial charge in [0.15, 0.2) is 0 Å². The number of thioether (sulfide) groups is 1. The topological polar surface area (TPSA) is 38.0 Å². The summed E-state index contributed by atoms with van der Waals surface area (Å²) in [5.41, 5.74) is 6.03. The van der Waals surface area contributed by atoms with Gasteiger partial charge in [0, 0.05) is 10.6 Å². The number of rotatable bonds is 5. The molecule has 0 saturated carbocycles. The Labute approximate surface area is 123 Å². The highest BCUT2D eigenvalue weighted by atomic mass is 32.2. The normalized spacial score (nSPS) is 12.4. The highest BCUT2D eigenvalue weighted by molar-refractivity contribution is 7.99. The van der Waals surface area contributed by atoms with Crippen LogP contribution in [0.1, 0.15) is 22.7 Å². The number of hydrazine groups is 1. The molecule has 0 bridgehead atoms. The first kappa shape index (κ1) is 15.0. The predicted octanol–water partition coefficient (Wildman–Crippen LogP) is 3.74. The molecule has 20 heavy (non-hydrogen) atoms. The van der Waals surface area contributed by atoms with Gasteiger partial charge in [-0.05, 0) is 48.7 Å². The van der Waals surface area contributed by atoms with E-state index in [2.05, 4.69) is 24.5 Å². The van der Waals surface area contributed by atoms with Crippen LogP contribution in [0.4, 0.5) is 4.39 Å². The zero-order valence-corrected chi connectivity index (χ0v) is 12.5.